The van der Waals surface area contributed by atoms with E-state index in [2.05, 4.69) is 14.9 Å². The molecule has 1 aromatic carbocycles. The Bertz CT molecular complexity index is 1910. The van der Waals surface area contributed by atoms with E-state index in [1.54, 1.807) is 13.8 Å². The summed E-state index contributed by atoms with van der Waals surface area (Å²) in [6.45, 7) is 12.4. The highest BCUT2D eigenvalue weighted by atomic mass is 19.4. The summed E-state index contributed by atoms with van der Waals surface area (Å²) in [5, 5.41) is 5.59. The fraction of sp³-hybridized carbons (Fsp3) is 0.541. The number of carbonyl (C=O) groups is 1. The predicted octanol–water partition coefficient (Wildman–Crippen LogP) is 8.64. The number of hydrogen-bond acceptors (Lipinski definition) is 8. The number of aromatic nitrogens is 5. The van der Waals surface area contributed by atoms with Gasteiger partial charge in [-0.05, 0) is 109 Å². The summed E-state index contributed by atoms with van der Waals surface area (Å²) in [4.78, 5) is 30.6. The van der Waals surface area contributed by atoms with Crippen LogP contribution in [0, 0.1) is 25.7 Å². The van der Waals surface area contributed by atoms with Crippen LogP contribution in [0.4, 0.5) is 38.1 Å². The summed E-state index contributed by atoms with van der Waals surface area (Å²) in [6.07, 6.45) is -4.38. The number of ether oxygens (including phenoxy) is 1. The van der Waals surface area contributed by atoms with Gasteiger partial charge in [0.1, 0.15) is 5.82 Å². The highest BCUT2D eigenvalue weighted by Gasteiger charge is 2.38. The van der Waals surface area contributed by atoms with E-state index in [4.69, 9.17) is 14.8 Å². The Morgan fingerprint density at radius 3 is 1.94 bits per heavy atom. The highest BCUT2D eigenvalue weighted by molar-refractivity contribution is 5.90. The summed E-state index contributed by atoms with van der Waals surface area (Å²) in [5.41, 5.74) is -1.01. The maximum Gasteiger partial charge on any atom is 0.416 e. The van der Waals surface area contributed by atoms with Gasteiger partial charge in [0.25, 0.3) is 0 Å². The van der Waals surface area contributed by atoms with Gasteiger partial charge in [0.2, 0.25) is 5.95 Å². The summed E-state index contributed by atoms with van der Waals surface area (Å²) in [7, 11) is 0. The van der Waals surface area contributed by atoms with E-state index in [1.807, 2.05) is 38.4 Å². The van der Waals surface area contributed by atoms with Crippen molar-refractivity contribution in [2.75, 3.05) is 29.5 Å². The second-order valence-corrected chi connectivity index (χ2v) is 15.0. The molecule has 2 fully saturated rings. The lowest BCUT2D eigenvalue weighted by molar-refractivity contribution is -0.143. The van der Waals surface area contributed by atoms with Crippen molar-refractivity contribution in [1.29, 1.82) is 0 Å². The molecule has 0 atom stereocenters. The van der Waals surface area contributed by atoms with Gasteiger partial charge < -0.3 is 14.5 Å². The number of alkyl halides is 6. The molecule has 2 aliphatic rings. The fourth-order valence-corrected chi connectivity index (χ4v) is 6.29. The van der Waals surface area contributed by atoms with Crippen LogP contribution in [0.3, 0.4) is 0 Å². The van der Waals surface area contributed by atoms with E-state index in [9.17, 15) is 31.1 Å². The van der Waals surface area contributed by atoms with Crippen LogP contribution in [-0.2, 0) is 35.7 Å². The van der Waals surface area contributed by atoms with Crippen molar-refractivity contribution in [1.82, 2.24) is 24.7 Å². The number of nitrogens with zero attached hydrogens (tertiary/aromatic N) is 7. The highest BCUT2D eigenvalue weighted by Crippen LogP contribution is 2.40. The van der Waals surface area contributed by atoms with Crippen LogP contribution >= 0.6 is 0 Å². The Balaban J connectivity index is 1.51. The minimum atomic E-state index is -5.02. The largest absolute Gasteiger partial charge is 0.462 e. The van der Waals surface area contributed by atoms with Crippen LogP contribution in [0.1, 0.15) is 97.4 Å². The van der Waals surface area contributed by atoms with Crippen molar-refractivity contribution in [3.8, 4) is 0 Å². The van der Waals surface area contributed by atoms with Gasteiger partial charge in [-0.15, -0.1) is 0 Å². The fourth-order valence-electron chi connectivity index (χ4n) is 6.29. The number of carbonyl (C=O) groups excluding carboxylic acids is 1. The number of fused-ring (bicyclic) bond motifs is 1. The standard InChI is InChI=1S/C37H43F6N7O2/c1-7-52-33(51)30-16-44-34(45-21(30)2)49(19-25-12-27(36(38,39)40)15-28(13-25)37(41,42)43)20-26-14-29-22(3)47-50(35(4,5)6)32(29)46-31(26)48(17-23-8-9-23)18-24-10-11-24/h12-16,23-24H,7-11,17-20H2,1-6H3. The van der Waals surface area contributed by atoms with Crippen LogP contribution in [-0.4, -0.2) is 50.4 Å². The molecule has 0 amide bonds. The maximum atomic E-state index is 13.9. The first-order valence-electron chi connectivity index (χ1n) is 17.5. The minimum Gasteiger partial charge on any atom is -0.462 e. The molecule has 15 heteroatoms. The van der Waals surface area contributed by atoms with E-state index in [-0.39, 0.29) is 42.0 Å². The minimum absolute atomic E-state index is 0.0139. The lowest BCUT2D eigenvalue weighted by Crippen LogP contribution is -2.32. The van der Waals surface area contributed by atoms with Crippen LogP contribution in [0.5, 0.6) is 0 Å². The number of anilines is 2. The Kier molecular flexibility index (Phi) is 9.94. The molecule has 0 aliphatic heterocycles. The Morgan fingerprint density at radius 1 is 0.846 bits per heavy atom. The predicted molar refractivity (Wildman–Crippen MR) is 184 cm³/mol. The Morgan fingerprint density at radius 2 is 1.44 bits per heavy atom. The zero-order chi connectivity index (χ0) is 37.7. The van der Waals surface area contributed by atoms with Gasteiger partial charge in [-0.25, -0.2) is 24.4 Å². The summed E-state index contributed by atoms with van der Waals surface area (Å²) >= 11 is 0. The number of rotatable bonds is 12. The molecule has 6 rings (SSSR count). The second kappa shape index (κ2) is 13.8. The number of pyridine rings is 1. The Hall–Kier alpha value is -4.43. The quantitative estimate of drug-likeness (QED) is 0.106. The van der Waals surface area contributed by atoms with E-state index in [1.165, 1.54) is 11.1 Å². The summed E-state index contributed by atoms with van der Waals surface area (Å²) < 4.78 is 90.6. The molecule has 0 spiro atoms. The molecule has 0 radical (unpaired) electrons. The third-order valence-corrected chi connectivity index (χ3v) is 9.31. The monoisotopic (exact) mass is 731 g/mol. The van der Waals surface area contributed by atoms with Crippen LogP contribution in [0.2, 0.25) is 0 Å². The third-order valence-electron chi connectivity index (χ3n) is 9.31. The number of esters is 1. The van der Waals surface area contributed by atoms with E-state index < -0.39 is 41.5 Å². The average molecular weight is 732 g/mol. The second-order valence-electron chi connectivity index (χ2n) is 15.0. The van der Waals surface area contributed by atoms with Crippen molar-refractivity contribution in [2.24, 2.45) is 11.8 Å². The molecule has 3 aromatic heterocycles. The molecule has 9 nitrogen and oxygen atoms in total. The van der Waals surface area contributed by atoms with Gasteiger partial charge in [-0.3, -0.25) is 0 Å². The zero-order valence-corrected chi connectivity index (χ0v) is 30.1. The summed E-state index contributed by atoms with van der Waals surface area (Å²) in [5.74, 6) is 1.05. The van der Waals surface area contributed by atoms with E-state index in [0.29, 0.717) is 41.0 Å². The van der Waals surface area contributed by atoms with Crippen LogP contribution in [0.25, 0.3) is 11.0 Å². The smallest absolute Gasteiger partial charge is 0.416 e. The van der Waals surface area contributed by atoms with Crippen molar-refractivity contribution < 1.29 is 35.9 Å². The molecule has 0 bridgehead atoms. The van der Waals surface area contributed by atoms with E-state index in [0.717, 1.165) is 49.9 Å². The molecule has 2 aliphatic carbocycles. The van der Waals surface area contributed by atoms with Gasteiger partial charge in [-0.2, -0.15) is 31.4 Å². The molecule has 2 saturated carbocycles. The topological polar surface area (TPSA) is 89.3 Å². The van der Waals surface area contributed by atoms with Crippen molar-refractivity contribution >= 4 is 28.8 Å². The van der Waals surface area contributed by atoms with Gasteiger partial charge in [0.15, 0.2) is 5.65 Å². The molecule has 4 aromatic rings. The van der Waals surface area contributed by atoms with E-state index >= 15 is 0 Å². The molecule has 0 N–H and O–H groups in total. The van der Waals surface area contributed by atoms with Gasteiger partial charge in [-0.1, -0.05) is 0 Å². The summed E-state index contributed by atoms with van der Waals surface area (Å²) in [6, 6.07) is 3.51. The maximum absolute atomic E-state index is 13.9. The first-order chi connectivity index (χ1) is 24.3. The number of aryl methyl sites for hydroxylation is 2. The molecule has 280 valence electrons. The van der Waals surface area contributed by atoms with Crippen molar-refractivity contribution in [2.45, 2.75) is 98.2 Å². The van der Waals surface area contributed by atoms with Crippen LogP contribution < -0.4 is 9.80 Å². The third kappa shape index (κ3) is 8.44. The van der Waals surface area contributed by atoms with Gasteiger partial charge >= 0.3 is 18.3 Å². The molecule has 52 heavy (non-hydrogen) atoms. The van der Waals surface area contributed by atoms with Crippen molar-refractivity contribution in [3.05, 3.63) is 69.7 Å². The molecule has 0 saturated heterocycles. The SMILES string of the molecule is CCOC(=O)c1cnc(N(Cc2cc(C(F)(F)F)cc(C(F)(F)F)c2)Cc2cc3c(C)nn(C(C)(C)C)c3nc2N(CC2CC2)CC2CC2)nc1C. The van der Waals surface area contributed by atoms with Gasteiger partial charge in [0.05, 0.1) is 40.2 Å². The molecular weight excluding hydrogens is 688 g/mol. The normalized spacial score (nSPS) is 15.3. The molecule has 3 heterocycles. The number of halogens is 6. The van der Waals surface area contributed by atoms with Crippen LogP contribution in [0.15, 0.2) is 30.5 Å². The van der Waals surface area contributed by atoms with Crippen molar-refractivity contribution in [3.63, 3.8) is 0 Å². The van der Waals surface area contributed by atoms with Gasteiger partial charge in [0, 0.05) is 43.3 Å². The number of hydrogen-bond donors (Lipinski definition) is 0. The molecule has 0 unspecified atom stereocenters. The number of benzene rings is 1. The lowest BCUT2D eigenvalue weighted by atomic mass is 10.0. The lowest BCUT2D eigenvalue weighted by Gasteiger charge is -2.30. The molecular formula is C37H43F6N7O2. The first kappa shape index (κ1) is 37.3. The first-order valence-corrected chi connectivity index (χ1v) is 17.5. The Labute approximate surface area is 298 Å². The average Bonchev–Trinajstić information content (AvgIpc) is 3.99. The zero-order valence-electron chi connectivity index (χ0n) is 30.1.